The third-order valence-corrected chi connectivity index (χ3v) is 4.09. The first-order valence-electron chi connectivity index (χ1n) is 7.89. The molecule has 2 heterocycles. The summed E-state index contributed by atoms with van der Waals surface area (Å²) in [4.78, 5) is 4.78. The Labute approximate surface area is 134 Å². The van der Waals surface area contributed by atoms with Gasteiger partial charge in [0, 0.05) is 18.5 Å². The van der Waals surface area contributed by atoms with E-state index in [1.165, 1.54) is 5.56 Å². The van der Waals surface area contributed by atoms with Gasteiger partial charge >= 0.3 is 0 Å². The number of aromatic nitrogens is 3. The third kappa shape index (κ3) is 2.42. The number of pyridine rings is 1. The molecule has 4 heteroatoms. The first kappa shape index (κ1) is 13.8. The molecule has 0 spiro atoms. The van der Waals surface area contributed by atoms with E-state index in [1.807, 2.05) is 29.1 Å². The van der Waals surface area contributed by atoms with E-state index >= 15 is 0 Å². The lowest BCUT2D eigenvalue weighted by atomic mass is 10.1. The fourth-order valence-corrected chi connectivity index (χ4v) is 2.92. The molecular weight excluding hydrogens is 284 g/mol. The van der Waals surface area contributed by atoms with Crippen molar-refractivity contribution in [2.24, 2.45) is 0 Å². The molecule has 0 saturated carbocycles. The van der Waals surface area contributed by atoms with Gasteiger partial charge < -0.3 is 5.32 Å². The quantitative estimate of drug-likeness (QED) is 0.614. The highest BCUT2D eigenvalue weighted by molar-refractivity contribution is 6.06. The van der Waals surface area contributed by atoms with E-state index in [1.54, 1.807) is 0 Å². The van der Waals surface area contributed by atoms with Crippen LogP contribution in [0.25, 0.3) is 21.9 Å². The molecule has 4 aromatic rings. The maximum Gasteiger partial charge on any atom is 0.160 e. The van der Waals surface area contributed by atoms with Crippen LogP contribution in [-0.2, 0) is 13.1 Å². The number of aryl methyl sites for hydroxylation is 1. The highest BCUT2D eigenvalue weighted by Gasteiger charge is 2.12. The van der Waals surface area contributed by atoms with E-state index in [-0.39, 0.29) is 0 Å². The van der Waals surface area contributed by atoms with E-state index in [0.29, 0.717) is 0 Å². The Morgan fingerprint density at radius 2 is 1.74 bits per heavy atom. The maximum absolute atomic E-state index is 4.78. The minimum atomic E-state index is 0.779. The summed E-state index contributed by atoms with van der Waals surface area (Å²) in [5.74, 6) is 0. The van der Waals surface area contributed by atoms with Gasteiger partial charge in [0.1, 0.15) is 0 Å². The average Bonchev–Trinajstić information content (AvgIpc) is 3.02. The number of nitrogens with zero attached hydrogens (tertiary/aromatic N) is 3. The second-order valence-corrected chi connectivity index (χ2v) is 5.54. The minimum Gasteiger partial charge on any atom is -0.380 e. The molecule has 0 saturated heterocycles. The van der Waals surface area contributed by atoms with Crippen molar-refractivity contribution in [1.29, 1.82) is 0 Å². The van der Waals surface area contributed by atoms with Crippen molar-refractivity contribution in [2.75, 3.05) is 5.32 Å². The summed E-state index contributed by atoms with van der Waals surface area (Å²) in [6, 6.07) is 18.6. The van der Waals surface area contributed by atoms with Crippen LogP contribution < -0.4 is 5.32 Å². The van der Waals surface area contributed by atoms with Crippen LogP contribution in [0, 0.1) is 0 Å². The normalized spacial score (nSPS) is 11.2. The Morgan fingerprint density at radius 1 is 0.957 bits per heavy atom. The lowest BCUT2D eigenvalue weighted by molar-refractivity contribution is 0.677. The van der Waals surface area contributed by atoms with Crippen LogP contribution >= 0.6 is 0 Å². The van der Waals surface area contributed by atoms with Crippen molar-refractivity contribution in [3.8, 4) is 0 Å². The number of anilines is 1. The van der Waals surface area contributed by atoms with Crippen molar-refractivity contribution in [3.63, 3.8) is 0 Å². The number of benzene rings is 2. The van der Waals surface area contributed by atoms with Crippen LogP contribution in [0.2, 0.25) is 0 Å². The predicted molar refractivity (Wildman–Crippen MR) is 94.5 cm³/mol. The van der Waals surface area contributed by atoms with Crippen LogP contribution in [0.4, 0.5) is 5.69 Å². The highest BCUT2D eigenvalue weighted by Crippen LogP contribution is 2.30. The number of hydrogen-bond acceptors (Lipinski definition) is 3. The Morgan fingerprint density at radius 3 is 2.57 bits per heavy atom. The van der Waals surface area contributed by atoms with Crippen LogP contribution in [-0.4, -0.2) is 14.8 Å². The SMILES string of the molecule is CCn1ncc2c(NCc3ccccc3)c3ccccc3nc21. The second-order valence-electron chi connectivity index (χ2n) is 5.54. The molecule has 0 unspecified atom stereocenters. The van der Waals surface area contributed by atoms with Crippen molar-refractivity contribution < 1.29 is 0 Å². The van der Waals surface area contributed by atoms with Crippen LogP contribution in [0.5, 0.6) is 0 Å². The zero-order valence-electron chi connectivity index (χ0n) is 13.0. The maximum atomic E-state index is 4.78. The highest BCUT2D eigenvalue weighted by atomic mass is 15.3. The monoisotopic (exact) mass is 302 g/mol. The first-order valence-corrected chi connectivity index (χ1v) is 7.89. The Hall–Kier alpha value is -2.88. The second kappa shape index (κ2) is 5.72. The zero-order valence-corrected chi connectivity index (χ0v) is 13.0. The lowest BCUT2D eigenvalue weighted by Gasteiger charge is -2.11. The Bertz CT molecular complexity index is 957. The van der Waals surface area contributed by atoms with Gasteiger partial charge in [-0.1, -0.05) is 48.5 Å². The molecule has 2 aromatic carbocycles. The summed E-state index contributed by atoms with van der Waals surface area (Å²) in [7, 11) is 0. The lowest BCUT2D eigenvalue weighted by Crippen LogP contribution is -2.02. The van der Waals surface area contributed by atoms with Crippen LogP contribution in [0.1, 0.15) is 12.5 Å². The van der Waals surface area contributed by atoms with Gasteiger partial charge in [0.15, 0.2) is 5.65 Å². The fourth-order valence-electron chi connectivity index (χ4n) is 2.92. The van der Waals surface area contributed by atoms with E-state index in [2.05, 4.69) is 53.7 Å². The number of nitrogens with one attached hydrogen (secondary N) is 1. The van der Waals surface area contributed by atoms with E-state index in [0.717, 1.165) is 40.7 Å². The molecule has 1 N–H and O–H groups in total. The average molecular weight is 302 g/mol. The van der Waals surface area contributed by atoms with Gasteiger partial charge in [-0.05, 0) is 18.6 Å². The third-order valence-electron chi connectivity index (χ3n) is 4.09. The van der Waals surface area contributed by atoms with Gasteiger partial charge in [0.25, 0.3) is 0 Å². The van der Waals surface area contributed by atoms with Crippen LogP contribution in [0.15, 0.2) is 60.8 Å². The van der Waals surface area contributed by atoms with Crippen molar-refractivity contribution in [1.82, 2.24) is 14.8 Å². The van der Waals surface area contributed by atoms with Gasteiger partial charge in [-0.15, -0.1) is 0 Å². The summed E-state index contributed by atoms with van der Waals surface area (Å²) in [6.07, 6.45) is 1.91. The van der Waals surface area contributed by atoms with E-state index < -0.39 is 0 Å². The van der Waals surface area contributed by atoms with Crippen molar-refractivity contribution in [3.05, 3.63) is 66.4 Å². The smallest absolute Gasteiger partial charge is 0.160 e. The number of rotatable bonds is 4. The minimum absolute atomic E-state index is 0.779. The predicted octanol–water partition coefficient (Wildman–Crippen LogP) is 4.22. The molecular formula is C19H18N4. The van der Waals surface area contributed by atoms with Gasteiger partial charge in [0.2, 0.25) is 0 Å². The standard InChI is InChI=1S/C19H18N4/c1-2-23-19-16(13-21-23)18(15-10-6-7-11-17(15)22-19)20-12-14-8-4-3-5-9-14/h3-11,13H,2,12H2,1H3,(H,20,22). The molecule has 0 atom stereocenters. The van der Waals surface area contributed by atoms with Crippen LogP contribution in [0.3, 0.4) is 0 Å². The molecule has 0 amide bonds. The van der Waals surface area contributed by atoms with Crippen molar-refractivity contribution in [2.45, 2.75) is 20.0 Å². The number of hydrogen-bond donors (Lipinski definition) is 1. The fraction of sp³-hybridized carbons (Fsp3) is 0.158. The molecule has 0 aliphatic rings. The summed E-state index contributed by atoms with van der Waals surface area (Å²) in [6.45, 7) is 3.68. The molecule has 0 radical (unpaired) electrons. The Balaban J connectivity index is 1.85. The molecule has 0 aliphatic carbocycles. The largest absolute Gasteiger partial charge is 0.380 e. The molecule has 4 nitrogen and oxygen atoms in total. The Kier molecular flexibility index (Phi) is 3.42. The molecule has 0 bridgehead atoms. The summed E-state index contributed by atoms with van der Waals surface area (Å²) >= 11 is 0. The van der Waals surface area contributed by atoms with Gasteiger partial charge in [-0.25, -0.2) is 9.67 Å². The molecule has 114 valence electrons. The number of para-hydroxylation sites is 1. The number of fused-ring (bicyclic) bond motifs is 2. The van der Waals surface area contributed by atoms with E-state index in [4.69, 9.17) is 4.98 Å². The zero-order chi connectivity index (χ0) is 15.6. The summed E-state index contributed by atoms with van der Waals surface area (Å²) in [5.41, 5.74) is 4.28. The summed E-state index contributed by atoms with van der Waals surface area (Å²) < 4.78 is 1.94. The molecule has 4 rings (SSSR count). The molecule has 23 heavy (non-hydrogen) atoms. The van der Waals surface area contributed by atoms with Gasteiger partial charge in [-0.3, -0.25) is 0 Å². The van der Waals surface area contributed by atoms with Gasteiger partial charge in [-0.2, -0.15) is 5.10 Å². The van der Waals surface area contributed by atoms with Crippen molar-refractivity contribution >= 4 is 27.6 Å². The molecule has 0 aliphatic heterocycles. The molecule has 0 fully saturated rings. The molecule has 2 aromatic heterocycles. The van der Waals surface area contributed by atoms with E-state index in [9.17, 15) is 0 Å². The van der Waals surface area contributed by atoms with Gasteiger partial charge in [0.05, 0.1) is 22.8 Å². The first-order chi connectivity index (χ1) is 11.4. The summed E-state index contributed by atoms with van der Waals surface area (Å²) in [5, 5.41) is 10.3. The topological polar surface area (TPSA) is 42.7 Å².